The summed E-state index contributed by atoms with van der Waals surface area (Å²) in [6.45, 7) is 4.92. The van der Waals surface area contributed by atoms with Gasteiger partial charge in [0.1, 0.15) is 5.75 Å². The molecule has 0 unspecified atom stereocenters. The van der Waals surface area contributed by atoms with Crippen LogP contribution in [0.4, 0.5) is 0 Å². The second-order valence-corrected chi connectivity index (χ2v) is 5.70. The number of ether oxygens (including phenoxy) is 1. The molecular formula is C16H21NO3. The van der Waals surface area contributed by atoms with Crippen molar-refractivity contribution in [1.29, 1.82) is 0 Å². The van der Waals surface area contributed by atoms with Crippen molar-refractivity contribution < 1.29 is 14.3 Å². The number of nitrogens with one attached hydrogen (secondary N) is 1. The largest absolute Gasteiger partial charge is 0.493 e. The van der Waals surface area contributed by atoms with Gasteiger partial charge < -0.3 is 4.74 Å². The Morgan fingerprint density at radius 1 is 1.25 bits per heavy atom. The van der Waals surface area contributed by atoms with Gasteiger partial charge in [-0.25, -0.2) is 0 Å². The monoisotopic (exact) mass is 275 g/mol. The molecule has 1 heterocycles. The lowest BCUT2D eigenvalue weighted by Gasteiger charge is -2.20. The second-order valence-electron chi connectivity index (χ2n) is 5.70. The lowest BCUT2D eigenvalue weighted by atomic mass is 9.91. The summed E-state index contributed by atoms with van der Waals surface area (Å²) in [5.41, 5.74) is 1.09. The van der Waals surface area contributed by atoms with E-state index in [0.717, 1.165) is 11.3 Å². The Bertz CT molecular complexity index is 479. The van der Waals surface area contributed by atoms with Gasteiger partial charge in [-0.3, -0.25) is 14.9 Å². The van der Waals surface area contributed by atoms with E-state index in [9.17, 15) is 9.59 Å². The van der Waals surface area contributed by atoms with Crippen molar-refractivity contribution in [2.24, 2.45) is 11.8 Å². The molecule has 1 aromatic carbocycles. The van der Waals surface area contributed by atoms with Crippen molar-refractivity contribution in [3.63, 3.8) is 0 Å². The van der Waals surface area contributed by atoms with Crippen molar-refractivity contribution in [2.75, 3.05) is 6.61 Å². The molecule has 2 amide bonds. The van der Waals surface area contributed by atoms with Gasteiger partial charge in [-0.05, 0) is 36.5 Å². The average molecular weight is 275 g/mol. The maximum atomic E-state index is 11.7. The maximum Gasteiger partial charge on any atom is 0.230 e. The van der Waals surface area contributed by atoms with Gasteiger partial charge in [0.25, 0.3) is 0 Å². The van der Waals surface area contributed by atoms with E-state index in [4.69, 9.17) is 4.74 Å². The topological polar surface area (TPSA) is 55.4 Å². The lowest BCUT2D eigenvalue weighted by Crippen LogP contribution is -2.41. The van der Waals surface area contributed by atoms with E-state index in [2.05, 4.69) is 19.2 Å². The molecule has 1 fully saturated rings. The summed E-state index contributed by atoms with van der Waals surface area (Å²) in [6, 6.07) is 7.84. The highest BCUT2D eigenvalue weighted by molar-refractivity contribution is 5.98. The predicted octanol–water partition coefficient (Wildman–Crippen LogP) is 2.32. The number of piperidine rings is 1. The zero-order chi connectivity index (χ0) is 14.5. The Kier molecular flexibility index (Phi) is 4.77. The maximum absolute atomic E-state index is 11.7. The number of benzene rings is 1. The highest BCUT2D eigenvalue weighted by atomic mass is 16.5. The molecule has 20 heavy (non-hydrogen) atoms. The van der Waals surface area contributed by atoms with Gasteiger partial charge in [0.15, 0.2) is 0 Å². The first-order chi connectivity index (χ1) is 9.54. The highest BCUT2D eigenvalue weighted by Gasteiger charge is 2.26. The lowest BCUT2D eigenvalue weighted by molar-refractivity contribution is -0.136. The van der Waals surface area contributed by atoms with Gasteiger partial charge in [0.05, 0.1) is 6.61 Å². The van der Waals surface area contributed by atoms with Crippen LogP contribution < -0.4 is 10.1 Å². The number of hydrogen-bond donors (Lipinski definition) is 1. The van der Waals surface area contributed by atoms with E-state index < -0.39 is 0 Å². The summed E-state index contributed by atoms with van der Waals surface area (Å²) in [5.74, 6) is 0.934. The Labute approximate surface area is 119 Å². The second kappa shape index (κ2) is 6.55. The van der Waals surface area contributed by atoms with Gasteiger partial charge >= 0.3 is 0 Å². The normalized spacial score (nSPS) is 19.1. The Morgan fingerprint density at radius 2 is 1.95 bits per heavy atom. The molecule has 1 aromatic rings. The third-order valence-electron chi connectivity index (χ3n) is 3.34. The Balaban J connectivity index is 1.90. The van der Waals surface area contributed by atoms with Crippen LogP contribution in [0.2, 0.25) is 0 Å². The van der Waals surface area contributed by atoms with Gasteiger partial charge in [0.2, 0.25) is 11.8 Å². The van der Waals surface area contributed by atoms with E-state index >= 15 is 0 Å². The van der Waals surface area contributed by atoms with Crippen LogP contribution in [-0.4, -0.2) is 18.4 Å². The van der Waals surface area contributed by atoms with Crippen molar-refractivity contribution in [2.45, 2.75) is 33.1 Å². The number of hydrogen-bond acceptors (Lipinski definition) is 3. The summed E-state index contributed by atoms with van der Waals surface area (Å²) in [6.07, 6.45) is 1.74. The number of carbonyl (C=O) groups excluding carboxylic acids is 2. The zero-order valence-electron chi connectivity index (χ0n) is 12.0. The first-order valence-electron chi connectivity index (χ1n) is 7.10. The number of carbonyl (C=O) groups is 2. The van der Waals surface area contributed by atoms with E-state index in [1.54, 1.807) is 0 Å². The van der Waals surface area contributed by atoms with Gasteiger partial charge in [-0.1, -0.05) is 26.0 Å². The molecule has 1 aliphatic rings. The average Bonchev–Trinajstić information content (AvgIpc) is 2.41. The van der Waals surface area contributed by atoms with E-state index in [0.29, 0.717) is 31.8 Å². The summed E-state index contributed by atoms with van der Waals surface area (Å²) >= 11 is 0. The smallest absolute Gasteiger partial charge is 0.230 e. The molecule has 0 radical (unpaired) electrons. The van der Waals surface area contributed by atoms with E-state index in [1.165, 1.54) is 0 Å². The van der Waals surface area contributed by atoms with Crippen molar-refractivity contribution in [3.8, 4) is 5.75 Å². The van der Waals surface area contributed by atoms with Crippen LogP contribution in [0, 0.1) is 11.8 Å². The quantitative estimate of drug-likeness (QED) is 0.839. The van der Waals surface area contributed by atoms with E-state index in [-0.39, 0.29) is 17.7 Å². The van der Waals surface area contributed by atoms with Crippen molar-refractivity contribution >= 4 is 11.8 Å². The van der Waals surface area contributed by atoms with Crippen LogP contribution in [0.1, 0.15) is 32.3 Å². The molecular weight excluding hydrogens is 254 g/mol. The van der Waals surface area contributed by atoms with E-state index in [1.807, 2.05) is 24.3 Å². The molecule has 0 saturated carbocycles. The fourth-order valence-corrected chi connectivity index (χ4v) is 2.20. The van der Waals surface area contributed by atoms with Crippen LogP contribution in [0.5, 0.6) is 5.75 Å². The SMILES string of the molecule is CC(C)COc1ccc(C[C@H]2CCC(=O)NC2=O)cc1. The fourth-order valence-electron chi connectivity index (χ4n) is 2.20. The number of imide groups is 1. The summed E-state index contributed by atoms with van der Waals surface area (Å²) < 4.78 is 5.62. The van der Waals surface area contributed by atoms with Crippen LogP contribution in [-0.2, 0) is 16.0 Å². The number of amides is 2. The zero-order valence-corrected chi connectivity index (χ0v) is 12.0. The molecule has 1 atom stereocenters. The molecule has 0 aliphatic carbocycles. The molecule has 0 spiro atoms. The first kappa shape index (κ1) is 14.6. The van der Waals surface area contributed by atoms with Crippen LogP contribution >= 0.6 is 0 Å². The fraction of sp³-hybridized carbons (Fsp3) is 0.500. The van der Waals surface area contributed by atoms with Gasteiger partial charge in [-0.15, -0.1) is 0 Å². The summed E-state index contributed by atoms with van der Waals surface area (Å²) in [7, 11) is 0. The van der Waals surface area contributed by atoms with Crippen molar-refractivity contribution in [1.82, 2.24) is 5.32 Å². The minimum Gasteiger partial charge on any atom is -0.493 e. The van der Waals surface area contributed by atoms with Crippen LogP contribution in [0.3, 0.4) is 0 Å². The first-order valence-corrected chi connectivity index (χ1v) is 7.10. The van der Waals surface area contributed by atoms with Crippen LogP contribution in [0.25, 0.3) is 0 Å². The summed E-state index contributed by atoms with van der Waals surface area (Å²) in [5, 5.41) is 2.39. The van der Waals surface area contributed by atoms with Crippen LogP contribution in [0.15, 0.2) is 24.3 Å². The highest BCUT2D eigenvalue weighted by Crippen LogP contribution is 2.20. The molecule has 1 saturated heterocycles. The molecule has 4 nitrogen and oxygen atoms in total. The minimum atomic E-state index is -0.163. The minimum absolute atomic E-state index is 0.102. The Hall–Kier alpha value is -1.84. The third kappa shape index (κ3) is 4.08. The Morgan fingerprint density at radius 3 is 2.55 bits per heavy atom. The standard InChI is InChI=1S/C16H21NO3/c1-11(2)10-20-14-6-3-12(4-7-14)9-13-5-8-15(18)17-16(13)19/h3-4,6-7,11,13H,5,8-10H2,1-2H3,(H,17,18,19)/t13-/m1/s1. The summed E-state index contributed by atoms with van der Waals surface area (Å²) in [4.78, 5) is 22.8. The molecule has 108 valence electrons. The molecule has 0 aromatic heterocycles. The van der Waals surface area contributed by atoms with Gasteiger partial charge in [-0.2, -0.15) is 0 Å². The third-order valence-corrected chi connectivity index (χ3v) is 3.34. The predicted molar refractivity (Wildman–Crippen MR) is 76.4 cm³/mol. The number of rotatable bonds is 5. The molecule has 1 N–H and O–H groups in total. The molecule has 0 bridgehead atoms. The molecule has 4 heteroatoms. The van der Waals surface area contributed by atoms with Gasteiger partial charge in [0, 0.05) is 12.3 Å². The molecule has 2 rings (SSSR count). The molecule has 1 aliphatic heterocycles. The van der Waals surface area contributed by atoms with Crippen molar-refractivity contribution in [3.05, 3.63) is 29.8 Å².